The van der Waals surface area contributed by atoms with Crippen LogP contribution in [0.2, 0.25) is 10.0 Å². The first-order valence-corrected chi connectivity index (χ1v) is 7.29. The van der Waals surface area contributed by atoms with Crippen LogP contribution in [-0.2, 0) is 0 Å². The fourth-order valence-electron chi connectivity index (χ4n) is 1.77. The molecule has 0 saturated heterocycles. The first-order valence-electron chi connectivity index (χ1n) is 5.72. The Bertz CT molecular complexity index is 656. The van der Waals surface area contributed by atoms with Crippen LogP contribution in [0.15, 0.2) is 30.3 Å². The molecule has 1 aromatic heterocycles. The molecule has 98 valence electrons. The molecule has 4 heteroatoms. The van der Waals surface area contributed by atoms with E-state index in [1.165, 1.54) is 0 Å². The summed E-state index contributed by atoms with van der Waals surface area (Å²) in [6, 6.07) is 7.11. The zero-order valence-electron chi connectivity index (χ0n) is 10.5. The highest BCUT2D eigenvalue weighted by atomic mass is 35.5. The van der Waals surface area contributed by atoms with Crippen LogP contribution >= 0.6 is 34.5 Å². The highest BCUT2D eigenvalue weighted by molar-refractivity contribution is 7.12. The van der Waals surface area contributed by atoms with E-state index in [2.05, 4.69) is 0 Å². The number of carbonyl (C=O) groups is 1. The van der Waals surface area contributed by atoms with Crippen molar-refractivity contribution in [2.75, 3.05) is 0 Å². The van der Waals surface area contributed by atoms with Gasteiger partial charge in [0, 0.05) is 25.4 Å². The number of hydrogen-bond donors (Lipinski definition) is 0. The Morgan fingerprint density at radius 2 is 1.95 bits per heavy atom. The Morgan fingerprint density at radius 3 is 2.53 bits per heavy atom. The summed E-state index contributed by atoms with van der Waals surface area (Å²) in [5.41, 5.74) is 1.54. The monoisotopic (exact) mass is 310 g/mol. The van der Waals surface area contributed by atoms with E-state index in [9.17, 15) is 4.79 Å². The molecule has 0 fully saturated rings. The van der Waals surface area contributed by atoms with Crippen LogP contribution in [-0.4, -0.2) is 5.78 Å². The van der Waals surface area contributed by atoms with Crippen LogP contribution in [0.1, 0.15) is 25.7 Å². The zero-order valence-corrected chi connectivity index (χ0v) is 12.9. The van der Waals surface area contributed by atoms with Crippen LogP contribution in [0.5, 0.6) is 0 Å². The van der Waals surface area contributed by atoms with E-state index in [4.69, 9.17) is 23.2 Å². The summed E-state index contributed by atoms with van der Waals surface area (Å²) in [6.07, 6.45) is 3.26. The highest BCUT2D eigenvalue weighted by Gasteiger charge is 2.09. The van der Waals surface area contributed by atoms with Crippen molar-refractivity contribution in [3.63, 3.8) is 0 Å². The molecule has 0 saturated carbocycles. The molecule has 0 atom stereocenters. The predicted molar refractivity (Wildman–Crippen MR) is 83.6 cm³/mol. The lowest BCUT2D eigenvalue weighted by Gasteiger charge is -1.98. The molecule has 1 nitrogen and oxygen atoms in total. The van der Waals surface area contributed by atoms with Crippen molar-refractivity contribution in [2.45, 2.75) is 13.8 Å². The molecule has 0 bridgehead atoms. The van der Waals surface area contributed by atoms with Gasteiger partial charge in [-0.25, -0.2) is 0 Å². The van der Waals surface area contributed by atoms with Crippen molar-refractivity contribution in [1.82, 2.24) is 0 Å². The zero-order chi connectivity index (χ0) is 14.0. The molecular weight excluding hydrogens is 299 g/mol. The van der Waals surface area contributed by atoms with Gasteiger partial charge in [0.2, 0.25) is 0 Å². The molecule has 0 aliphatic carbocycles. The molecule has 0 unspecified atom stereocenters. The molecule has 0 aliphatic heterocycles. The van der Waals surface area contributed by atoms with Crippen LogP contribution < -0.4 is 0 Å². The summed E-state index contributed by atoms with van der Waals surface area (Å²) < 4.78 is 0. The van der Waals surface area contributed by atoms with Gasteiger partial charge in [-0.05, 0) is 49.8 Å². The van der Waals surface area contributed by atoms with Crippen LogP contribution in [0.4, 0.5) is 0 Å². The van der Waals surface area contributed by atoms with Gasteiger partial charge in [0.05, 0.1) is 0 Å². The average molecular weight is 311 g/mol. The summed E-state index contributed by atoms with van der Waals surface area (Å²) in [5, 5.41) is 1.12. The molecule has 0 amide bonds. The molecule has 1 heterocycles. The number of carbonyl (C=O) groups excluding carboxylic acids is 1. The maximum absolute atomic E-state index is 12.1. The fourth-order valence-corrected chi connectivity index (χ4v) is 3.17. The summed E-state index contributed by atoms with van der Waals surface area (Å²) in [7, 11) is 0. The van der Waals surface area contributed by atoms with E-state index in [0.29, 0.717) is 10.0 Å². The Kier molecular flexibility index (Phi) is 4.46. The molecule has 1 aromatic carbocycles. The summed E-state index contributed by atoms with van der Waals surface area (Å²) in [5.74, 6) is -0.00660. The SMILES string of the molecule is Cc1cc(C(=O)/C=C/c2ccc(Cl)cc2Cl)c(C)s1. The minimum atomic E-state index is -0.00660. The second-order valence-electron chi connectivity index (χ2n) is 4.19. The van der Waals surface area contributed by atoms with Gasteiger partial charge < -0.3 is 0 Å². The third kappa shape index (κ3) is 3.47. The van der Waals surface area contributed by atoms with Gasteiger partial charge in [-0.2, -0.15) is 0 Å². The lowest BCUT2D eigenvalue weighted by Crippen LogP contribution is -1.93. The number of ketones is 1. The lowest BCUT2D eigenvalue weighted by molar-refractivity contribution is 0.104. The minimum Gasteiger partial charge on any atom is -0.289 e. The topological polar surface area (TPSA) is 17.1 Å². The molecule has 0 spiro atoms. The van der Waals surface area contributed by atoms with Crippen molar-refractivity contribution in [1.29, 1.82) is 0 Å². The Labute approximate surface area is 126 Å². The van der Waals surface area contributed by atoms with Gasteiger partial charge in [-0.1, -0.05) is 29.3 Å². The van der Waals surface area contributed by atoms with E-state index in [0.717, 1.165) is 20.9 Å². The van der Waals surface area contributed by atoms with Crippen molar-refractivity contribution in [3.8, 4) is 0 Å². The smallest absolute Gasteiger partial charge is 0.186 e. The van der Waals surface area contributed by atoms with Crippen molar-refractivity contribution in [3.05, 3.63) is 61.3 Å². The molecular formula is C15H12Cl2OS. The maximum Gasteiger partial charge on any atom is 0.186 e. The molecule has 0 N–H and O–H groups in total. The summed E-state index contributed by atoms with van der Waals surface area (Å²) in [6.45, 7) is 3.95. The van der Waals surface area contributed by atoms with Crippen LogP contribution in [0, 0.1) is 13.8 Å². The molecule has 19 heavy (non-hydrogen) atoms. The number of thiophene rings is 1. The molecule has 2 rings (SSSR count). The third-order valence-corrected chi connectivity index (χ3v) is 4.21. The van der Waals surface area contributed by atoms with Gasteiger partial charge in [-0.3, -0.25) is 4.79 Å². The number of hydrogen-bond acceptors (Lipinski definition) is 2. The standard InChI is InChI=1S/C15H12Cl2OS/c1-9-7-13(10(2)19-9)15(18)6-4-11-3-5-12(16)8-14(11)17/h3-8H,1-2H3/b6-4+. The maximum atomic E-state index is 12.1. The summed E-state index contributed by atoms with van der Waals surface area (Å²) in [4.78, 5) is 14.3. The van der Waals surface area contributed by atoms with Crippen LogP contribution in [0.3, 0.4) is 0 Å². The van der Waals surface area contributed by atoms with Gasteiger partial charge in [0.1, 0.15) is 0 Å². The summed E-state index contributed by atoms with van der Waals surface area (Å²) >= 11 is 13.5. The quantitative estimate of drug-likeness (QED) is 0.535. The van der Waals surface area contributed by atoms with Crippen LogP contribution in [0.25, 0.3) is 6.08 Å². The minimum absolute atomic E-state index is 0.00660. The second kappa shape index (κ2) is 5.91. The Balaban J connectivity index is 2.23. The van der Waals surface area contributed by atoms with E-state index in [-0.39, 0.29) is 5.78 Å². The lowest BCUT2D eigenvalue weighted by atomic mass is 10.1. The van der Waals surface area contributed by atoms with E-state index in [1.807, 2.05) is 19.9 Å². The fraction of sp³-hybridized carbons (Fsp3) is 0.133. The van der Waals surface area contributed by atoms with Crippen molar-refractivity contribution >= 4 is 46.4 Å². The average Bonchev–Trinajstić information content (AvgIpc) is 2.67. The normalized spacial score (nSPS) is 11.2. The first-order chi connectivity index (χ1) is 8.97. The third-order valence-electron chi connectivity index (χ3n) is 2.68. The first kappa shape index (κ1) is 14.3. The van der Waals surface area contributed by atoms with Gasteiger partial charge >= 0.3 is 0 Å². The highest BCUT2D eigenvalue weighted by Crippen LogP contribution is 2.24. The predicted octanol–water partition coefficient (Wildman–Crippen LogP) is 5.57. The van der Waals surface area contributed by atoms with E-state index >= 15 is 0 Å². The number of halogens is 2. The van der Waals surface area contributed by atoms with Gasteiger partial charge in [0.25, 0.3) is 0 Å². The number of allylic oxidation sites excluding steroid dienone is 1. The molecule has 0 radical (unpaired) electrons. The van der Waals surface area contributed by atoms with Crippen molar-refractivity contribution in [2.24, 2.45) is 0 Å². The number of aryl methyl sites for hydroxylation is 2. The number of rotatable bonds is 3. The van der Waals surface area contributed by atoms with E-state index in [1.54, 1.807) is 41.7 Å². The van der Waals surface area contributed by atoms with E-state index < -0.39 is 0 Å². The Hall–Kier alpha value is -1.09. The van der Waals surface area contributed by atoms with Gasteiger partial charge in [0.15, 0.2) is 5.78 Å². The largest absolute Gasteiger partial charge is 0.289 e. The molecule has 2 aromatic rings. The van der Waals surface area contributed by atoms with Gasteiger partial charge in [-0.15, -0.1) is 11.3 Å². The molecule has 0 aliphatic rings. The second-order valence-corrected chi connectivity index (χ2v) is 6.49. The Morgan fingerprint density at radius 1 is 1.21 bits per heavy atom. The number of benzene rings is 1. The van der Waals surface area contributed by atoms with Crippen molar-refractivity contribution < 1.29 is 4.79 Å².